The van der Waals surface area contributed by atoms with Crippen molar-refractivity contribution < 1.29 is 15.3 Å². The largest absolute Gasteiger partial charge is 0.507 e. The Morgan fingerprint density at radius 2 is 1.42 bits per heavy atom. The molecule has 3 heteroatoms. The van der Waals surface area contributed by atoms with Crippen molar-refractivity contribution in [1.29, 1.82) is 0 Å². The Kier molecular flexibility index (Phi) is 3.65. The Balaban J connectivity index is 2.76. The predicted octanol–water partition coefficient (Wildman–Crippen LogP) is 3.60. The van der Waals surface area contributed by atoms with Gasteiger partial charge in [-0.3, -0.25) is 0 Å². The molecule has 0 aliphatic rings. The number of benzene rings is 2. The lowest BCUT2D eigenvalue weighted by Gasteiger charge is -2.15. The van der Waals surface area contributed by atoms with Crippen molar-refractivity contribution in [3.8, 4) is 28.4 Å². The molecule has 0 aliphatic carbocycles. The molecular weight excluding hydrogens is 240 g/mol. The first kappa shape index (κ1) is 13.3. The maximum Gasteiger partial charge on any atom is 0.165 e. The van der Waals surface area contributed by atoms with Gasteiger partial charge in [0.25, 0.3) is 0 Å². The Bertz CT molecular complexity index is 603. The van der Waals surface area contributed by atoms with Crippen LogP contribution < -0.4 is 0 Å². The van der Waals surface area contributed by atoms with Gasteiger partial charge in [-0.25, -0.2) is 0 Å². The second-order valence-corrected chi connectivity index (χ2v) is 4.49. The number of rotatable bonds is 3. The van der Waals surface area contributed by atoms with E-state index in [9.17, 15) is 15.3 Å². The molecule has 0 amide bonds. The predicted molar refractivity (Wildman–Crippen MR) is 75.6 cm³/mol. The topological polar surface area (TPSA) is 60.7 Å². The number of para-hydroxylation sites is 1. The van der Waals surface area contributed by atoms with Crippen LogP contribution in [0.5, 0.6) is 17.2 Å². The maximum atomic E-state index is 10.4. The number of aromatic hydroxyl groups is 3. The molecule has 100 valence electrons. The van der Waals surface area contributed by atoms with E-state index in [1.165, 1.54) is 6.07 Å². The Morgan fingerprint density at radius 3 is 2.05 bits per heavy atom. The molecule has 0 atom stereocenters. The molecule has 0 aromatic heterocycles. The number of hydrogen-bond donors (Lipinski definition) is 3. The Labute approximate surface area is 112 Å². The lowest BCUT2D eigenvalue weighted by Crippen LogP contribution is -1.93. The van der Waals surface area contributed by atoms with E-state index in [0.29, 0.717) is 17.5 Å². The highest BCUT2D eigenvalue weighted by molar-refractivity contribution is 5.81. The molecule has 0 bridgehead atoms. The number of phenols is 3. The van der Waals surface area contributed by atoms with Gasteiger partial charge in [-0.2, -0.15) is 0 Å². The van der Waals surface area contributed by atoms with Crippen molar-refractivity contribution in [2.75, 3.05) is 0 Å². The van der Waals surface area contributed by atoms with E-state index in [-0.39, 0.29) is 17.2 Å². The van der Waals surface area contributed by atoms with Gasteiger partial charge in [0.15, 0.2) is 11.5 Å². The fourth-order valence-corrected chi connectivity index (χ4v) is 2.29. The second-order valence-electron chi connectivity index (χ2n) is 4.49. The van der Waals surface area contributed by atoms with E-state index in [1.54, 1.807) is 12.1 Å². The summed E-state index contributed by atoms with van der Waals surface area (Å²) in [5, 5.41) is 30.0. The molecule has 3 nitrogen and oxygen atoms in total. The highest BCUT2D eigenvalue weighted by Gasteiger charge is 2.17. The summed E-state index contributed by atoms with van der Waals surface area (Å²) in [4.78, 5) is 0. The van der Waals surface area contributed by atoms with E-state index in [0.717, 1.165) is 17.5 Å². The van der Waals surface area contributed by atoms with Crippen LogP contribution in [0.1, 0.15) is 25.0 Å². The molecule has 2 aromatic carbocycles. The van der Waals surface area contributed by atoms with Gasteiger partial charge in [0, 0.05) is 11.1 Å². The highest BCUT2D eigenvalue weighted by Crippen LogP contribution is 2.43. The smallest absolute Gasteiger partial charge is 0.165 e. The minimum Gasteiger partial charge on any atom is -0.507 e. The molecule has 19 heavy (non-hydrogen) atoms. The first-order chi connectivity index (χ1) is 9.10. The summed E-state index contributed by atoms with van der Waals surface area (Å²) in [5.74, 6) is -0.190. The van der Waals surface area contributed by atoms with Crippen molar-refractivity contribution in [2.45, 2.75) is 26.7 Å². The molecule has 0 fully saturated rings. The lowest BCUT2D eigenvalue weighted by atomic mass is 9.93. The fraction of sp³-hybridized carbons (Fsp3) is 0.250. The average Bonchev–Trinajstić information content (AvgIpc) is 2.42. The summed E-state index contributed by atoms with van der Waals surface area (Å²) in [5.41, 5.74) is 2.84. The zero-order chi connectivity index (χ0) is 14.0. The van der Waals surface area contributed by atoms with E-state index >= 15 is 0 Å². The molecule has 2 rings (SSSR count). The molecule has 0 unspecified atom stereocenters. The summed E-state index contributed by atoms with van der Waals surface area (Å²) in [6.07, 6.45) is 1.45. The SMILES string of the molecule is CCc1ccc(CC)c(-c2cccc(O)c2O)c1O. The highest BCUT2D eigenvalue weighted by atomic mass is 16.3. The number of hydrogen-bond acceptors (Lipinski definition) is 3. The second kappa shape index (κ2) is 5.22. The van der Waals surface area contributed by atoms with Gasteiger partial charge in [0.05, 0.1) is 0 Å². The van der Waals surface area contributed by atoms with E-state index in [4.69, 9.17) is 0 Å². The van der Waals surface area contributed by atoms with Gasteiger partial charge in [-0.05, 0) is 30.0 Å². The zero-order valence-corrected chi connectivity index (χ0v) is 11.1. The van der Waals surface area contributed by atoms with Gasteiger partial charge in [0.1, 0.15) is 5.75 Å². The summed E-state index contributed by atoms with van der Waals surface area (Å²) < 4.78 is 0. The van der Waals surface area contributed by atoms with Crippen molar-refractivity contribution in [1.82, 2.24) is 0 Å². The monoisotopic (exact) mass is 258 g/mol. The molecule has 0 saturated heterocycles. The van der Waals surface area contributed by atoms with Gasteiger partial charge >= 0.3 is 0 Å². The zero-order valence-electron chi connectivity index (χ0n) is 11.1. The Morgan fingerprint density at radius 1 is 0.789 bits per heavy atom. The summed E-state index contributed by atoms with van der Waals surface area (Å²) in [6.45, 7) is 3.95. The van der Waals surface area contributed by atoms with Crippen LogP contribution in [0.25, 0.3) is 11.1 Å². The molecule has 0 saturated carbocycles. The third-order valence-corrected chi connectivity index (χ3v) is 3.39. The van der Waals surface area contributed by atoms with Crippen molar-refractivity contribution in [2.24, 2.45) is 0 Å². The average molecular weight is 258 g/mol. The van der Waals surface area contributed by atoms with E-state index in [1.807, 2.05) is 26.0 Å². The van der Waals surface area contributed by atoms with Crippen LogP contribution in [0.4, 0.5) is 0 Å². The Hall–Kier alpha value is -2.16. The molecule has 0 radical (unpaired) electrons. The third-order valence-electron chi connectivity index (χ3n) is 3.39. The van der Waals surface area contributed by atoms with Gasteiger partial charge < -0.3 is 15.3 Å². The van der Waals surface area contributed by atoms with Crippen LogP contribution in [0.3, 0.4) is 0 Å². The van der Waals surface area contributed by atoms with Crippen molar-refractivity contribution in [3.63, 3.8) is 0 Å². The van der Waals surface area contributed by atoms with Crippen molar-refractivity contribution >= 4 is 0 Å². The molecule has 3 N–H and O–H groups in total. The summed E-state index contributed by atoms with van der Waals surface area (Å²) >= 11 is 0. The fourth-order valence-electron chi connectivity index (χ4n) is 2.29. The first-order valence-corrected chi connectivity index (χ1v) is 6.45. The van der Waals surface area contributed by atoms with Crippen LogP contribution in [-0.4, -0.2) is 15.3 Å². The third kappa shape index (κ3) is 2.24. The number of phenolic OH excluding ortho intramolecular Hbond substituents is 3. The van der Waals surface area contributed by atoms with Crippen LogP contribution in [0.2, 0.25) is 0 Å². The summed E-state index contributed by atoms with van der Waals surface area (Å²) in [6, 6.07) is 8.63. The number of aryl methyl sites for hydroxylation is 2. The minimum absolute atomic E-state index is 0.180. The minimum atomic E-state index is -0.194. The van der Waals surface area contributed by atoms with Gasteiger partial charge in [0.2, 0.25) is 0 Å². The molecule has 2 aromatic rings. The molecular formula is C16H18O3. The normalized spacial score (nSPS) is 10.6. The molecule has 0 heterocycles. The lowest BCUT2D eigenvalue weighted by molar-refractivity contribution is 0.404. The van der Waals surface area contributed by atoms with Crippen LogP contribution >= 0.6 is 0 Å². The maximum absolute atomic E-state index is 10.4. The summed E-state index contributed by atoms with van der Waals surface area (Å²) in [7, 11) is 0. The standard InChI is InChI=1S/C16H18O3/c1-3-10-8-9-11(4-2)15(18)14(10)12-6-5-7-13(17)16(12)19/h5-9,17-19H,3-4H2,1-2H3. The van der Waals surface area contributed by atoms with Crippen molar-refractivity contribution in [3.05, 3.63) is 41.5 Å². The van der Waals surface area contributed by atoms with Crippen LogP contribution in [-0.2, 0) is 12.8 Å². The van der Waals surface area contributed by atoms with Crippen LogP contribution in [0, 0.1) is 0 Å². The quantitative estimate of drug-likeness (QED) is 0.737. The molecule has 0 spiro atoms. The van der Waals surface area contributed by atoms with Gasteiger partial charge in [-0.1, -0.05) is 38.1 Å². The van der Waals surface area contributed by atoms with Gasteiger partial charge in [-0.15, -0.1) is 0 Å². The van der Waals surface area contributed by atoms with E-state index in [2.05, 4.69) is 0 Å². The first-order valence-electron chi connectivity index (χ1n) is 6.45. The van der Waals surface area contributed by atoms with E-state index < -0.39 is 0 Å². The molecule has 0 aliphatic heterocycles. The van der Waals surface area contributed by atoms with Crippen LogP contribution in [0.15, 0.2) is 30.3 Å².